The summed E-state index contributed by atoms with van der Waals surface area (Å²) in [5, 5.41) is 14.3. The first-order chi connectivity index (χ1) is 21.6. The predicted molar refractivity (Wildman–Crippen MR) is 178 cm³/mol. The molecule has 0 aliphatic carbocycles. The molecular weight excluding hydrogens is 566 g/mol. The van der Waals surface area contributed by atoms with E-state index in [4.69, 9.17) is 14.6 Å². The molecule has 5 rings (SSSR count). The van der Waals surface area contributed by atoms with Crippen molar-refractivity contribution < 1.29 is 19.1 Å². The van der Waals surface area contributed by atoms with Crippen LogP contribution < -0.4 is 25.4 Å². The van der Waals surface area contributed by atoms with Gasteiger partial charge in [0.05, 0.1) is 37.1 Å². The average Bonchev–Trinajstić information content (AvgIpc) is 3.45. The summed E-state index contributed by atoms with van der Waals surface area (Å²) < 4.78 is 12.7. The molecule has 2 heterocycles. The second kappa shape index (κ2) is 13.6. The van der Waals surface area contributed by atoms with Crippen molar-refractivity contribution in [3.05, 3.63) is 95.2 Å². The minimum atomic E-state index is -0.406. The summed E-state index contributed by atoms with van der Waals surface area (Å²) in [6.45, 7) is 9.99. The number of Topliss-reactive ketones (excluding diaryl/α,β-unsaturated/α-hetero) is 1. The topological polar surface area (TPSA) is 107 Å². The van der Waals surface area contributed by atoms with Crippen LogP contribution >= 0.6 is 0 Å². The van der Waals surface area contributed by atoms with Crippen LogP contribution in [0.1, 0.15) is 66.7 Å². The molecule has 1 aliphatic rings. The lowest BCUT2D eigenvalue weighted by Crippen LogP contribution is -2.34. The van der Waals surface area contributed by atoms with Gasteiger partial charge in [-0.2, -0.15) is 5.10 Å². The minimum Gasteiger partial charge on any atom is -0.497 e. The number of methoxy groups -OCH3 is 2. The van der Waals surface area contributed by atoms with Crippen LogP contribution in [0.3, 0.4) is 0 Å². The number of para-hydroxylation sites is 1. The number of urea groups is 1. The Kier molecular flexibility index (Phi) is 9.58. The van der Waals surface area contributed by atoms with Gasteiger partial charge in [-0.3, -0.25) is 10.1 Å². The molecule has 9 nitrogen and oxygen atoms in total. The van der Waals surface area contributed by atoms with Gasteiger partial charge >= 0.3 is 6.03 Å². The highest BCUT2D eigenvalue weighted by Gasteiger charge is 2.33. The highest BCUT2D eigenvalue weighted by Crippen LogP contribution is 2.38. The second-order valence-electron chi connectivity index (χ2n) is 12.6. The van der Waals surface area contributed by atoms with Crippen LogP contribution in [0, 0.1) is 12.8 Å². The molecule has 1 saturated heterocycles. The normalized spacial score (nSPS) is 14.4. The van der Waals surface area contributed by atoms with Crippen LogP contribution in [0.15, 0.2) is 72.8 Å². The van der Waals surface area contributed by atoms with Crippen molar-refractivity contribution >= 4 is 23.3 Å². The Morgan fingerprint density at radius 2 is 1.69 bits per heavy atom. The fourth-order valence-electron chi connectivity index (χ4n) is 5.89. The number of rotatable bonds is 9. The third kappa shape index (κ3) is 7.20. The van der Waals surface area contributed by atoms with Crippen LogP contribution in [0.5, 0.6) is 11.5 Å². The fourth-order valence-corrected chi connectivity index (χ4v) is 5.89. The third-order valence-corrected chi connectivity index (χ3v) is 8.38. The fraction of sp³-hybridized carbons (Fsp3) is 0.361. The Morgan fingerprint density at radius 3 is 2.38 bits per heavy atom. The predicted octanol–water partition coefficient (Wildman–Crippen LogP) is 7.11. The number of benzene rings is 3. The van der Waals surface area contributed by atoms with E-state index in [2.05, 4.69) is 36.7 Å². The lowest BCUT2D eigenvalue weighted by molar-refractivity contribution is 0.0913. The van der Waals surface area contributed by atoms with E-state index in [0.29, 0.717) is 28.6 Å². The summed E-state index contributed by atoms with van der Waals surface area (Å²) in [7, 11) is 3.15. The first-order valence-electron chi connectivity index (χ1n) is 15.4. The SMILES string of the molecule is COc1ccc(C(=O)C(c2cccc(NC(=O)Nc3cc(C(C)(C)C)nn3-c3ccccc3C)c2)C2CCNCC2)c(OC)c1. The van der Waals surface area contributed by atoms with Crippen molar-refractivity contribution in [1.82, 2.24) is 15.1 Å². The van der Waals surface area contributed by atoms with Crippen molar-refractivity contribution in [2.45, 2.75) is 51.9 Å². The Morgan fingerprint density at radius 1 is 0.933 bits per heavy atom. The van der Waals surface area contributed by atoms with E-state index in [1.54, 1.807) is 37.1 Å². The molecule has 3 N–H and O–H groups in total. The summed E-state index contributed by atoms with van der Waals surface area (Å²) in [4.78, 5) is 27.7. The molecule has 45 heavy (non-hydrogen) atoms. The molecule has 1 fully saturated rings. The van der Waals surface area contributed by atoms with Gasteiger partial charge in [0.25, 0.3) is 0 Å². The molecule has 0 saturated carbocycles. The molecule has 3 aromatic carbocycles. The number of piperidine rings is 1. The Labute approximate surface area is 265 Å². The first-order valence-corrected chi connectivity index (χ1v) is 15.4. The van der Waals surface area contributed by atoms with Gasteiger partial charge in [0.1, 0.15) is 17.3 Å². The number of ketones is 1. The number of nitrogens with zero attached hydrogens (tertiary/aromatic N) is 2. The zero-order chi connectivity index (χ0) is 32.1. The maximum absolute atomic E-state index is 14.2. The summed E-state index contributed by atoms with van der Waals surface area (Å²) in [5.74, 6) is 1.38. The highest BCUT2D eigenvalue weighted by molar-refractivity contribution is 6.04. The van der Waals surface area contributed by atoms with Crippen LogP contribution in [0.25, 0.3) is 5.69 Å². The first kappa shape index (κ1) is 31.8. The van der Waals surface area contributed by atoms with Gasteiger partial charge in [-0.15, -0.1) is 0 Å². The van der Waals surface area contributed by atoms with Crippen LogP contribution in [-0.4, -0.2) is 48.9 Å². The Hall–Kier alpha value is -4.63. The van der Waals surface area contributed by atoms with Gasteiger partial charge in [0.15, 0.2) is 5.78 Å². The molecule has 9 heteroatoms. The number of carbonyl (C=O) groups excluding carboxylic acids is 2. The summed E-state index contributed by atoms with van der Waals surface area (Å²) >= 11 is 0. The van der Waals surface area contributed by atoms with Crippen molar-refractivity contribution in [2.24, 2.45) is 5.92 Å². The zero-order valence-corrected chi connectivity index (χ0v) is 26.9. The number of amides is 2. The van der Waals surface area contributed by atoms with Crippen LogP contribution in [-0.2, 0) is 5.41 Å². The number of carbonyl (C=O) groups is 2. The van der Waals surface area contributed by atoms with Gasteiger partial charge in [0, 0.05) is 23.2 Å². The summed E-state index contributed by atoms with van der Waals surface area (Å²) in [6, 6.07) is 22.3. The van der Waals surface area contributed by atoms with Gasteiger partial charge in [-0.05, 0) is 80.2 Å². The molecule has 4 aromatic rings. The molecule has 0 spiro atoms. The van der Waals surface area contributed by atoms with E-state index >= 15 is 0 Å². The average molecular weight is 610 g/mol. The maximum Gasteiger partial charge on any atom is 0.324 e. The van der Waals surface area contributed by atoms with E-state index in [1.165, 1.54) is 0 Å². The van der Waals surface area contributed by atoms with E-state index in [0.717, 1.165) is 48.4 Å². The number of anilines is 2. The number of nitrogens with one attached hydrogen (secondary N) is 3. The molecule has 1 aliphatic heterocycles. The molecule has 0 bridgehead atoms. The molecule has 1 unspecified atom stereocenters. The van der Waals surface area contributed by atoms with E-state index in [9.17, 15) is 9.59 Å². The standard InChI is InChI=1S/C36H43N5O4/c1-23-10-7-8-13-29(23)41-32(22-31(40-41)36(2,3)4)39-35(43)38-26-12-9-11-25(20-26)33(24-16-18-37-19-17-24)34(42)28-15-14-27(44-5)21-30(28)45-6/h7-15,20-22,24,33,37H,16-19H2,1-6H3,(H2,38,39,43). The van der Waals surface area contributed by atoms with Crippen molar-refractivity contribution in [3.8, 4) is 17.2 Å². The summed E-state index contributed by atoms with van der Waals surface area (Å²) in [6.07, 6.45) is 1.73. The van der Waals surface area contributed by atoms with Crippen molar-refractivity contribution in [1.29, 1.82) is 0 Å². The van der Waals surface area contributed by atoms with Crippen LogP contribution in [0.4, 0.5) is 16.3 Å². The van der Waals surface area contributed by atoms with Gasteiger partial charge < -0.3 is 20.1 Å². The molecule has 1 atom stereocenters. The maximum atomic E-state index is 14.2. The zero-order valence-electron chi connectivity index (χ0n) is 26.9. The van der Waals surface area contributed by atoms with E-state index < -0.39 is 11.9 Å². The summed E-state index contributed by atoms with van der Waals surface area (Å²) in [5.41, 5.74) is 4.54. The number of ether oxygens (including phenoxy) is 2. The van der Waals surface area contributed by atoms with Crippen molar-refractivity contribution in [2.75, 3.05) is 37.9 Å². The van der Waals surface area contributed by atoms with Gasteiger partial charge in [0.2, 0.25) is 0 Å². The number of aromatic nitrogens is 2. The number of hydrogen-bond acceptors (Lipinski definition) is 6. The Bertz CT molecular complexity index is 1670. The third-order valence-electron chi connectivity index (χ3n) is 8.38. The monoisotopic (exact) mass is 609 g/mol. The lowest BCUT2D eigenvalue weighted by Gasteiger charge is -2.31. The largest absolute Gasteiger partial charge is 0.497 e. The quantitative estimate of drug-likeness (QED) is 0.175. The Balaban J connectivity index is 1.43. The molecule has 236 valence electrons. The van der Waals surface area contributed by atoms with Crippen molar-refractivity contribution in [3.63, 3.8) is 0 Å². The minimum absolute atomic E-state index is 0.0140. The molecule has 1 aromatic heterocycles. The smallest absolute Gasteiger partial charge is 0.324 e. The van der Waals surface area contributed by atoms with Crippen LogP contribution in [0.2, 0.25) is 0 Å². The number of aryl methyl sites for hydroxylation is 1. The second-order valence-corrected chi connectivity index (χ2v) is 12.6. The van der Waals surface area contributed by atoms with Gasteiger partial charge in [-0.25, -0.2) is 9.48 Å². The molecule has 0 radical (unpaired) electrons. The lowest BCUT2D eigenvalue weighted by atomic mass is 9.76. The van der Waals surface area contributed by atoms with E-state index in [1.807, 2.05) is 61.5 Å². The van der Waals surface area contributed by atoms with E-state index in [-0.39, 0.29) is 17.1 Å². The highest BCUT2D eigenvalue weighted by atomic mass is 16.5. The van der Waals surface area contributed by atoms with Gasteiger partial charge in [-0.1, -0.05) is 51.1 Å². The molecule has 2 amide bonds. The molecular formula is C36H43N5O4. The number of hydrogen-bond donors (Lipinski definition) is 3.